The molecule has 0 fully saturated rings. The van der Waals surface area contributed by atoms with Gasteiger partial charge in [0.15, 0.2) is 0 Å². The number of rotatable bonds is 14. The molecule has 1 N–H and O–H groups in total. The van der Waals surface area contributed by atoms with Crippen LogP contribution in [0.3, 0.4) is 0 Å². The van der Waals surface area contributed by atoms with Gasteiger partial charge in [-0.1, -0.05) is 45.0 Å². The molecule has 3 nitrogen and oxygen atoms in total. The highest BCUT2D eigenvalue weighted by Gasteiger charge is 2.38. The lowest BCUT2D eigenvalue weighted by Gasteiger charge is -2.50. The topological polar surface area (TPSA) is 32.3 Å². The Hall–Kier alpha value is -0.650. The molecule has 192 valence electrons. The Morgan fingerprint density at radius 2 is 1.64 bits per heavy atom. The van der Waals surface area contributed by atoms with Gasteiger partial charge in [0, 0.05) is 29.0 Å². The van der Waals surface area contributed by atoms with E-state index in [0.717, 1.165) is 37.6 Å². The van der Waals surface area contributed by atoms with E-state index < -0.39 is 10.0 Å². The minimum Gasteiger partial charge on any atom is -0.337 e. The summed E-state index contributed by atoms with van der Waals surface area (Å²) in [6.45, 7) is 17.5. The van der Waals surface area contributed by atoms with Crippen LogP contribution in [0.25, 0.3) is 0 Å². The fraction of sp³-hybridized carbons (Fsp3) is 0.750. The molecule has 0 heterocycles. The number of hydrogen-bond donors (Lipinski definition) is 1. The molecule has 0 aliphatic carbocycles. The third-order valence-corrected chi connectivity index (χ3v) is 14.4. The van der Waals surface area contributed by atoms with Crippen LogP contribution in [0.15, 0.2) is 24.3 Å². The summed E-state index contributed by atoms with van der Waals surface area (Å²) in [5, 5.41) is 4.63. The Morgan fingerprint density at radius 3 is 2.09 bits per heavy atom. The fourth-order valence-corrected chi connectivity index (χ4v) is 8.52. The molecule has 5 heteroatoms. The van der Waals surface area contributed by atoms with Crippen molar-refractivity contribution in [2.24, 2.45) is 0 Å². The quantitative estimate of drug-likeness (QED) is 0.303. The maximum Gasteiger partial charge on any atom is 0.219 e. The summed E-state index contributed by atoms with van der Waals surface area (Å²) in [6.07, 6.45) is 11.5. The number of nitrogens with one attached hydrogen (secondary N) is 1. The number of carbonyl (C=O) groups is 1. The lowest BCUT2D eigenvalue weighted by molar-refractivity contribution is -0.134. The molecular formula is C28H52N2OS2. The number of nitrogens with zero attached hydrogens (tertiary/aromatic N) is 1. The molecule has 0 radical (unpaired) electrons. The predicted molar refractivity (Wildman–Crippen MR) is 154 cm³/mol. The Labute approximate surface area is 211 Å². The summed E-state index contributed by atoms with van der Waals surface area (Å²) in [5.41, 5.74) is 2.52. The molecule has 1 aromatic rings. The van der Waals surface area contributed by atoms with E-state index in [9.17, 15) is 4.79 Å². The van der Waals surface area contributed by atoms with Gasteiger partial charge in [0.05, 0.1) is 0 Å². The van der Waals surface area contributed by atoms with E-state index in [2.05, 4.69) is 89.9 Å². The van der Waals surface area contributed by atoms with Crippen molar-refractivity contribution in [3.05, 3.63) is 35.4 Å². The largest absolute Gasteiger partial charge is 0.337 e. The van der Waals surface area contributed by atoms with Crippen LogP contribution >= 0.6 is 21.8 Å². The maximum absolute atomic E-state index is 12.3. The first-order chi connectivity index (χ1) is 15.2. The predicted octanol–water partition coefficient (Wildman–Crippen LogP) is 6.38. The second-order valence-electron chi connectivity index (χ2n) is 11.1. The SMILES string of the molecule is CNCCCN(C(C)=O)C(C)(C)Cc1ccc(CCC(C)(SC)C(C)S(C)(C)C(C)C)cc1. The molecule has 0 saturated carbocycles. The average molecular weight is 497 g/mol. The maximum atomic E-state index is 12.3. The van der Waals surface area contributed by atoms with Crippen LogP contribution < -0.4 is 5.32 Å². The van der Waals surface area contributed by atoms with Crippen molar-refractivity contribution < 1.29 is 4.79 Å². The van der Waals surface area contributed by atoms with E-state index in [1.165, 1.54) is 17.5 Å². The highest BCUT2D eigenvalue weighted by molar-refractivity contribution is 8.34. The third kappa shape index (κ3) is 8.50. The molecule has 2 unspecified atom stereocenters. The first-order valence-corrected chi connectivity index (χ1v) is 16.3. The van der Waals surface area contributed by atoms with Crippen molar-refractivity contribution >= 4 is 27.7 Å². The number of benzene rings is 1. The van der Waals surface area contributed by atoms with Gasteiger partial charge in [0.2, 0.25) is 5.91 Å². The van der Waals surface area contributed by atoms with E-state index in [4.69, 9.17) is 0 Å². The molecule has 0 bridgehead atoms. The van der Waals surface area contributed by atoms with Gasteiger partial charge >= 0.3 is 0 Å². The molecular weight excluding hydrogens is 444 g/mol. The summed E-state index contributed by atoms with van der Waals surface area (Å²) in [6, 6.07) is 9.14. The Balaban J connectivity index is 2.85. The highest BCUT2D eigenvalue weighted by Crippen LogP contribution is 2.56. The van der Waals surface area contributed by atoms with Gasteiger partial charge < -0.3 is 10.2 Å². The monoisotopic (exact) mass is 496 g/mol. The van der Waals surface area contributed by atoms with Crippen molar-refractivity contribution in [1.82, 2.24) is 10.2 Å². The summed E-state index contributed by atoms with van der Waals surface area (Å²) in [5.74, 6) is 0.157. The van der Waals surface area contributed by atoms with Gasteiger partial charge in [-0.15, -0.1) is 0 Å². The number of thioether (sulfide) groups is 1. The number of aryl methyl sites for hydroxylation is 1. The van der Waals surface area contributed by atoms with Crippen LogP contribution in [0.2, 0.25) is 0 Å². The lowest BCUT2D eigenvalue weighted by atomic mass is 9.91. The van der Waals surface area contributed by atoms with Crippen LogP contribution in [0.4, 0.5) is 0 Å². The van der Waals surface area contributed by atoms with Crippen molar-refractivity contribution in [3.8, 4) is 0 Å². The molecule has 2 atom stereocenters. The smallest absolute Gasteiger partial charge is 0.219 e. The van der Waals surface area contributed by atoms with Gasteiger partial charge in [-0.05, 0) is 95.2 Å². The van der Waals surface area contributed by atoms with Crippen LogP contribution in [0, 0.1) is 0 Å². The van der Waals surface area contributed by atoms with E-state index in [1.54, 1.807) is 6.92 Å². The van der Waals surface area contributed by atoms with Gasteiger partial charge in [0.25, 0.3) is 0 Å². The van der Waals surface area contributed by atoms with Crippen molar-refractivity contribution in [2.75, 3.05) is 38.9 Å². The Bertz CT molecular complexity index is 730. The molecule has 1 amide bonds. The average Bonchev–Trinajstić information content (AvgIpc) is 2.74. The van der Waals surface area contributed by atoms with Crippen molar-refractivity contribution in [1.29, 1.82) is 0 Å². The van der Waals surface area contributed by atoms with E-state index in [1.807, 2.05) is 23.7 Å². The fourth-order valence-electron chi connectivity index (χ4n) is 4.63. The lowest BCUT2D eigenvalue weighted by Crippen LogP contribution is -2.49. The first-order valence-electron chi connectivity index (χ1n) is 12.5. The molecule has 0 spiro atoms. The molecule has 1 aromatic carbocycles. The van der Waals surface area contributed by atoms with Gasteiger partial charge in [-0.25, -0.2) is 10.0 Å². The molecule has 0 aromatic heterocycles. The zero-order valence-electron chi connectivity index (χ0n) is 23.4. The zero-order chi connectivity index (χ0) is 25.4. The summed E-state index contributed by atoms with van der Waals surface area (Å²) in [4.78, 5) is 14.3. The molecule has 0 aliphatic heterocycles. The molecule has 0 aliphatic rings. The molecule has 0 saturated heterocycles. The number of hydrogen-bond acceptors (Lipinski definition) is 3. The standard InChI is InChI=1S/C28H52N2OS2/c1-22(2)33(10,11)23(3)28(7,32-9)18-17-25-13-15-26(16-14-25)21-27(5,6)30(24(4)31)20-12-19-29-8/h13-16,22-23,29H,12,17-21H2,1-11H3. The number of amides is 1. The van der Waals surface area contributed by atoms with Gasteiger partial charge in [-0.2, -0.15) is 11.8 Å². The van der Waals surface area contributed by atoms with Crippen LogP contribution in [-0.4, -0.2) is 70.5 Å². The second kappa shape index (κ2) is 12.9. The van der Waals surface area contributed by atoms with Crippen LogP contribution in [-0.2, 0) is 17.6 Å². The van der Waals surface area contributed by atoms with E-state index >= 15 is 0 Å². The first kappa shape index (κ1) is 30.4. The summed E-state index contributed by atoms with van der Waals surface area (Å²) < 4.78 is 0.291. The minimum atomic E-state index is -0.659. The highest BCUT2D eigenvalue weighted by atomic mass is 32.3. The second-order valence-corrected chi connectivity index (χ2v) is 17.1. The van der Waals surface area contributed by atoms with Crippen LogP contribution in [0.5, 0.6) is 0 Å². The Morgan fingerprint density at radius 1 is 1.09 bits per heavy atom. The van der Waals surface area contributed by atoms with Crippen molar-refractivity contribution in [3.63, 3.8) is 0 Å². The summed E-state index contributed by atoms with van der Waals surface area (Å²) in [7, 11) is 1.30. The van der Waals surface area contributed by atoms with E-state index in [-0.39, 0.29) is 11.4 Å². The van der Waals surface area contributed by atoms with E-state index in [0.29, 0.717) is 10.00 Å². The summed E-state index contributed by atoms with van der Waals surface area (Å²) >= 11 is 2.05. The van der Waals surface area contributed by atoms with Gasteiger partial charge in [0.1, 0.15) is 0 Å². The Kier molecular flexibility index (Phi) is 11.9. The normalized spacial score (nSPS) is 15.9. The van der Waals surface area contributed by atoms with Crippen molar-refractivity contribution in [2.45, 2.75) is 94.9 Å². The third-order valence-electron chi connectivity index (χ3n) is 7.94. The molecule has 1 rings (SSSR count). The molecule has 33 heavy (non-hydrogen) atoms. The van der Waals surface area contributed by atoms with Gasteiger partial charge in [-0.3, -0.25) is 4.79 Å². The minimum absolute atomic E-state index is 0.157. The zero-order valence-corrected chi connectivity index (χ0v) is 25.0. The number of carbonyl (C=O) groups excluding carboxylic acids is 1. The van der Waals surface area contributed by atoms with Crippen LogP contribution in [0.1, 0.15) is 72.4 Å².